The molecule has 2 aliphatic rings. The number of nitrogens with zero attached hydrogens (tertiary/aromatic N) is 3. The third-order valence-corrected chi connectivity index (χ3v) is 4.54. The average Bonchev–Trinajstić information content (AvgIpc) is 3.43. The van der Waals surface area contributed by atoms with E-state index in [0.717, 1.165) is 42.8 Å². The summed E-state index contributed by atoms with van der Waals surface area (Å²) in [7, 11) is 0. The van der Waals surface area contributed by atoms with Crippen molar-refractivity contribution in [3.05, 3.63) is 41.6 Å². The lowest BCUT2D eigenvalue weighted by Crippen LogP contribution is -2.35. The fourth-order valence-electron chi connectivity index (χ4n) is 2.82. The molecule has 0 unspecified atom stereocenters. The van der Waals surface area contributed by atoms with Crippen molar-refractivity contribution in [3.8, 4) is 17.9 Å². The number of anilines is 3. The lowest BCUT2D eigenvalue weighted by atomic mass is 9.81. The quantitative estimate of drug-likeness (QED) is 0.738. The third-order valence-electron chi connectivity index (χ3n) is 4.54. The SMILES string of the molecule is N#Cc1cccc(Nc2ncc(C#CC3CC(N)C3)c(NC3CC3)n2)c1. The summed E-state index contributed by atoms with van der Waals surface area (Å²) in [6.45, 7) is 0. The Kier molecular flexibility index (Phi) is 4.43. The summed E-state index contributed by atoms with van der Waals surface area (Å²) < 4.78 is 0. The van der Waals surface area contributed by atoms with Crippen LogP contribution in [0, 0.1) is 29.1 Å². The number of nitriles is 1. The molecule has 0 amide bonds. The Morgan fingerprint density at radius 3 is 2.81 bits per heavy atom. The summed E-state index contributed by atoms with van der Waals surface area (Å²) in [6, 6.07) is 10.1. The summed E-state index contributed by atoms with van der Waals surface area (Å²) in [5, 5.41) is 15.6. The van der Waals surface area contributed by atoms with E-state index in [1.165, 1.54) is 0 Å². The van der Waals surface area contributed by atoms with Gasteiger partial charge in [0.1, 0.15) is 5.82 Å². The minimum Gasteiger partial charge on any atom is -0.366 e. The molecule has 1 aromatic heterocycles. The van der Waals surface area contributed by atoms with Crippen LogP contribution in [0.15, 0.2) is 30.5 Å². The molecular formula is C20H20N6. The van der Waals surface area contributed by atoms with Crippen LogP contribution in [0.3, 0.4) is 0 Å². The zero-order chi connectivity index (χ0) is 17.9. The Bertz CT molecular complexity index is 910. The first-order valence-corrected chi connectivity index (χ1v) is 8.87. The molecule has 2 aliphatic carbocycles. The largest absolute Gasteiger partial charge is 0.366 e. The van der Waals surface area contributed by atoms with Crippen LogP contribution in [0.25, 0.3) is 0 Å². The highest BCUT2D eigenvalue weighted by Crippen LogP contribution is 2.27. The summed E-state index contributed by atoms with van der Waals surface area (Å²) in [5.74, 6) is 8.12. The Balaban J connectivity index is 1.55. The van der Waals surface area contributed by atoms with Crippen LogP contribution in [0.1, 0.15) is 36.8 Å². The molecule has 6 nitrogen and oxygen atoms in total. The van der Waals surface area contributed by atoms with E-state index in [2.05, 4.69) is 38.5 Å². The molecule has 130 valence electrons. The molecule has 0 aliphatic heterocycles. The van der Waals surface area contributed by atoms with Gasteiger partial charge in [-0.25, -0.2) is 4.98 Å². The lowest BCUT2D eigenvalue weighted by Gasteiger charge is -2.27. The molecule has 2 aromatic rings. The van der Waals surface area contributed by atoms with Gasteiger partial charge in [-0.1, -0.05) is 17.9 Å². The van der Waals surface area contributed by atoms with Crippen molar-refractivity contribution in [3.63, 3.8) is 0 Å². The second kappa shape index (κ2) is 7.03. The van der Waals surface area contributed by atoms with Gasteiger partial charge in [0.15, 0.2) is 0 Å². The van der Waals surface area contributed by atoms with E-state index in [-0.39, 0.29) is 0 Å². The Hall–Kier alpha value is -3.09. The van der Waals surface area contributed by atoms with Crippen LogP contribution in [-0.4, -0.2) is 22.1 Å². The number of hydrogen-bond donors (Lipinski definition) is 3. The second-order valence-corrected chi connectivity index (χ2v) is 6.89. The standard InChI is InChI=1S/C20H20N6/c21-11-14-2-1-3-18(10-14)25-20-23-12-15(5-4-13-8-16(22)9-13)19(26-20)24-17-6-7-17/h1-3,10,12-13,16-17H,6-9,22H2,(H2,23,24,25,26). The number of aromatic nitrogens is 2. The first kappa shape index (κ1) is 16.4. The molecule has 4 rings (SSSR count). The van der Waals surface area contributed by atoms with Gasteiger partial charge >= 0.3 is 0 Å². The van der Waals surface area contributed by atoms with Crippen molar-refractivity contribution in [2.24, 2.45) is 11.7 Å². The molecule has 1 aromatic carbocycles. The minimum atomic E-state index is 0.297. The van der Waals surface area contributed by atoms with Crippen molar-refractivity contribution < 1.29 is 0 Å². The Labute approximate surface area is 152 Å². The summed E-state index contributed by atoms with van der Waals surface area (Å²) in [6.07, 6.45) is 5.99. The van der Waals surface area contributed by atoms with Crippen LogP contribution in [0.2, 0.25) is 0 Å². The van der Waals surface area contributed by atoms with Gasteiger partial charge in [0.05, 0.1) is 23.4 Å². The van der Waals surface area contributed by atoms with E-state index in [1.807, 2.05) is 12.1 Å². The van der Waals surface area contributed by atoms with Crippen LogP contribution in [0.5, 0.6) is 0 Å². The van der Waals surface area contributed by atoms with Crippen LogP contribution < -0.4 is 16.4 Å². The minimum absolute atomic E-state index is 0.297. The van der Waals surface area contributed by atoms with Crippen molar-refractivity contribution in [1.82, 2.24) is 9.97 Å². The van der Waals surface area contributed by atoms with Crippen LogP contribution in [0.4, 0.5) is 17.5 Å². The fraction of sp³-hybridized carbons (Fsp3) is 0.350. The van der Waals surface area contributed by atoms with Gasteiger partial charge < -0.3 is 16.4 Å². The number of nitrogens with two attached hydrogens (primary N) is 1. The van der Waals surface area contributed by atoms with Gasteiger partial charge in [-0.15, -0.1) is 0 Å². The highest BCUT2D eigenvalue weighted by Gasteiger charge is 2.25. The lowest BCUT2D eigenvalue weighted by molar-refractivity contribution is 0.335. The monoisotopic (exact) mass is 344 g/mol. The molecule has 0 spiro atoms. The van der Waals surface area contributed by atoms with Crippen LogP contribution in [-0.2, 0) is 0 Å². The van der Waals surface area contributed by atoms with Crippen molar-refractivity contribution >= 4 is 17.5 Å². The molecule has 4 N–H and O–H groups in total. The van der Waals surface area contributed by atoms with E-state index in [0.29, 0.717) is 29.5 Å². The molecule has 0 bridgehead atoms. The van der Waals surface area contributed by atoms with Gasteiger partial charge in [-0.05, 0) is 43.9 Å². The highest BCUT2D eigenvalue weighted by atomic mass is 15.2. The van der Waals surface area contributed by atoms with Gasteiger partial charge in [-0.3, -0.25) is 0 Å². The summed E-state index contributed by atoms with van der Waals surface area (Å²) >= 11 is 0. The summed E-state index contributed by atoms with van der Waals surface area (Å²) in [5.41, 5.74) is 8.01. The molecular weight excluding hydrogens is 324 g/mol. The first-order valence-electron chi connectivity index (χ1n) is 8.87. The van der Waals surface area contributed by atoms with E-state index in [9.17, 15) is 0 Å². The zero-order valence-corrected chi connectivity index (χ0v) is 14.4. The van der Waals surface area contributed by atoms with Gasteiger partial charge in [0.2, 0.25) is 5.95 Å². The molecule has 0 radical (unpaired) electrons. The van der Waals surface area contributed by atoms with E-state index >= 15 is 0 Å². The number of nitrogens with one attached hydrogen (secondary N) is 2. The Morgan fingerprint density at radius 1 is 1.23 bits per heavy atom. The normalized spacial score (nSPS) is 20.9. The van der Waals surface area contributed by atoms with E-state index in [4.69, 9.17) is 11.0 Å². The number of rotatable bonds is 4. The summed E-state index contributed by atoms with van der Waals surface area (Å²) in [4.78, 5) is 8.98. The molecule has 26 heavy (non-hydrogen) atoms. The maximum Gasteiger partial charge on any atom is 0.229 e. The maximum absolute atomic E-state index is 9.02. The van der Waals surface area contributed by atoms with Crippen molar-refractivity contribution in [2.45, 2.75) is 37.8 Å². The average molecular weight is 344 g/mol. The van der Waals surface area contributed by atoms with Gasteiger partial charge in [-0.2, -0.15) is 10.2 Å². The first-order chi connectivity index (χ1) is 12.7. The van der Waals surface area contributed by atoms with Crippen molar-refractivity contribution in [2.75, 3.05) is 10.6 Å². The maximum atomic E-state index is 9.02. The van der Waals surface area contributed by atoms with Crippen molar-refractivity contribution in [1.29, 1.82) is 5.26 Å². The topological polar surface area (TPSA) is 99.7 Å². The molecule has 0 atom stereocenters. The molecule has 0 saturated heterocycles. The molecule has 1 heterocycles. The van der Waals surface area contributed by atoms with Gasteiger partial charge in [0.25, 0.3) is 0 Å². The Morgan fingerprint density at radius 2 is 2.08 bits per heavy atom. The zero-order valence-electron chi connectivity index (χ0n) is 14.4. The molecule has 6 heteroatoms. The number of hydrogen-bond acceptors (Lipinski definition) is 6. The predicted octanol–water partition coefficient (Wildman–Crippen LogP) is 2.75. The van der Waals surface area contributed by atoms with E-state index in [1.54, 1.807) is 18.3 Å². The third kappa shape index (κ3) is 3.93. The highest BCUT2D eigenvalue weighted by molar-refractivity contribution is 5.61. The molecule has 2 saturated carbocycles. The fourth-order valence-corrected chi connectivity index (χ4v) is 2.82. The van der Waals surface area contributed by atoms with E-state index < -0.39 is 0 Å². The van der Waals surface area contributed by atoms with Crippen LogP contribution >= 0.6 is 0 Å². The number of benzene rings is 1. The predicted molar refractivity (Wildman–Crippen MR) is 101 cm³/mol. The van der Waals surface area contributed by atoms with Gasteiger partial charge in [0, 0.05) is 23.7 Å². The molecule has 2 fully saturated rings. The second-order valence-electron chi connectivity index (χ2n) is 6.89. The smallest absolute Gasteiger partial charge is 0.229 e.